The molecule has 1 unspecified atom stereocenters. The minimum atomic E-state index is -4.40. The standard InChI is InChI=1S/C7H11F3N2O3/c1-4(13)12-5(6(14)15)2-11-3-7(8,9)10/h5,11H,2-3H2,1H3,(H,12,13)(H,14,15). The maximum atomic E-state index is 11.7. The number of hydrogen-bond donors (Lipinski definition) is 3. The Bertz CT molecular complexity index is 242. The second kappa shape index (κ2) is 5.54. The number of carboxylic acids is 1. The lowest BCUT2D eigenvalue weighted by Crippen LogP contribution is -2.48. The smallest absolute Gasteiger partial charge is 0.401 e. The van der Waals surface area contributed by atoms with Gasteiger partial charge in [0, 0.05) is 13.5 Å². The number of rotatable bonds is 5. The van der Waals surface area contributed by atoms with Crippen LogP contribution in [0.2, 0.25) is 0 Å². The van der Waals surface area contributed by atoms with Crippen LogP contribution in [0.4, 0.5) is 13.2 Å². The fraction of sp³-hybridized carbons (Fsp3) is 0.714. The van der Waals surface area contributed by atoms with Crippen LogP contribution < -0.4 is 10.6 Å². The highest BCUT2D eigenvalue weighted by atomic mass is 19.4. The Morgan fingerprint density at radius 3 is 2.27 bits per heavy atom. The van der Waals surface area contributed by atoms with Crippen LogP contribution in [0, 0.1) is 0 Å². The van der Waals surface area contributed by atoms with E-state index in [4.69, 9.17) is 5.11 Å². The van der Waals surface area contributed by atoms with Crippen molar-refractivity contribution in [2.45, 2.75) is 19.1 Å². The molecule has 3 N–H and O–H groups in total. The van der Waals surface area contributed by atoms with Gasteiger partial charge in [-0.05, 0) is 0 Å². The van der Waals surface area contributed by atoms with Crippen molar-refractivity contribution in [1.82, 2.24) is 10.6 Å². The maximum absolute atomic E-state index is 11.7. The molecule has 0 heterocycles. The number of nitrogens with one attached hydrogen (secondary N) is 2. The number of amides is 1. The zero-order chi connectivity index (χ0) is 12.1. The van der Waals surface area contributed by atoms with Crippen molar-refractivity contribution in [3.8, 4) is 0 Å². The molecule has 0 aromatic heterocycles. The lowest BCUT2D eigenvalue weighted by Gasteiger charge is -2.14. The van der Waals surface area contributed by atoms with E-state index in [2.05, 4.69) is 0 Å². The van der Waals surface area contributed by atoms with Crippen molar-refractivity contribution in [2.75, 3.05) is 13.1 Å². The van der Waals surface area contributed by atoms with Crippen molar-refractivity contribution in [3.05, 3.63) is 0 Å². The van der Waals surface area contributed by atoms with Gasteiger partial charge in [0.1, 0.15) is 6.04 Å². The van der Waals surface area contributed by atoms with Crippen molar-refractivity contribution in [3.63, 3.8) is 0 Å². The third kappa shape index (κ3) is 7.74. The second-order valence-electron chi connectivity index (χ2n) is 2.84. The minimum Gasteiger partial charge on any atom is -0.480 e. The zero-order valence-corrected chi connectivity index (χ0v) is 7.89. The summed E-state index contributed by atoms with van der Waals surface area (Å²) in [5.41, 5.74) is 0. The number of carbonyl (C=O) groups excluding carboxylic acids is 1. The monoisotopic (exact) mass is 228 g/mol. The Morgan fingerprint density at radius 2 is 1.93 bits per heavy atom. The van der Waals surface area contributed by atoms with Gasteiger partial charge in [0.25, 0.3) is 0 Å². The minimum absolute atomic E-state index is 0.478. The van der Waals surface area contributed by atoms with E-state index in [9.17, 15) is 22.8 Å². The molecule has 0 aliphatic carbocycles. The van der Waals surface area contributed by atoms with E-state index < -0.39 is 37.2 Å². The Balaban J connectivity index is 3.98. The molecule has 0 aromatic rings. The molecule has 0 fully saturated rings. The third-order valence-electron chi connectivity index (χ3n) is 1.35. The maximum Gasteiger partial charge on any atom is 0.401 e. The Labute approximate surface area is 83.6 Å². The van der Waals surface area contributed by atoms with Crippen LogP contribution in [0.3, 0.4) is 0 Å². The van der Waals surface area contributed by atoms with Crippen LogP contribution in [0.25, 0.3) is 0 Å². The number of carboxylic acid groups (broad SMARTS) is 1. The molecule has 0 radical (unpaired) electrons. The van der Waals surface area contributed by atoms with Gasteiger partial charge in [-0.15, -0.1) is 0 Å². The molecule has 0 saturated carbocycles. The number of halogens is 3. The molecule has 0 bridgehead atoms. The van der Waals surface area contributed by atoms with Crippen molar-refractivity contribution in [2.24, 2.45) is 0 Å². The first-order chi connectivity index (χ1) is 6.72. The summed E-state index contributed by atoms with van der Waals surface area (Å²) in [6.45, 7) is -0.690. The number of hydrogen-bond acceptors (Lipinski definition) is 3. The van der Waals surface area contributed by atoms with Gasteiger partial charge in [0.15, 0.2) is 0 Å². The first kappa shape index (κ1) is 13.7. The lowest BCUT2D eigenvalue weighted by atomic mass is 10.3. The van der Waals surface area contributed by atoms with Crippen molar-refractivity contribution in [1.29, 1.82) is 0 Å². The van der Waals surface area contributed by atoms with Crippen molar-refractivity contribution >= 4 is 11.9 Å². The Kier molecular flexibility index (Phi) is 5.06. The average Bonchev–Trinajstić information content (AvgIpc) is 1.99. The highest BCUT2D eigenvalue weighted by Crippen LogP contribution is 2.11. The molecule has 8 heteroatoms. The molecule has 0 aliphatic heterocycles. The first-order valence-corrected chi connectivity index (χ1v) is 4.00. The quantitative estimate of drug-likeness (QED) is 0.605. The highest BCUT2D eigenvalue weighted by Gasteiger charge is 2.27. The summed E-state index contributed by atoms with van der Waals surface area (Å²) >= 11 is 0. The molecule has 0 rings (SSSR count). The fourth-order valence-corrected chi connectivity index (χ4v) is 0.804. The topological polar surface area (TPSA) is 78.4 Å². The van der Waals surface area contributed by atoms with E-state index in [1.807, 2.05) is 10.6 Å². The molecular weight excluding hydrogens is 217 g/mol. The number of carbonyl (C=O) groups is 2. The zero-order valence-electron chi connectivity index (χ0n) is 7.89. The molecule has 0 saturated heterocycles. The molecule has 0 spiro atoms. The normalized spacial score (nSPS) is 13.3. The first-order valence-electron chi connectivity index (χ1n) is 4.00. The predicted octanol–water partition coefficient (Wildman–Crippen LogP) is -0.272. The summed E-state index contributed by atoms with van der Waals surface area (Å²) < 4.78 is 35.0. The summed E-state index contributed by atoms with van der Waals surface area (Å²) in [5.74, 6) is -2.00. The van der Waals surface area contributed by atoms with E-state index in [0.29, 0.717) is 0 Å². The third-order valence-corrected chi connectivity index (χ3v) is 1.35. The second-order valence-corrected chi connectivity index (χ2v) is 2.84. The van der Waals surface area contributed by atoms with Gasteiger partial charge in [-0.2, -0.15) is 13.2 Å². The predicted molar refractivity (Wildman–Crippen MR) is 44.2 cm³/mol. The SMILES string of the molecule is CC(=O)NC(CNCC(F)(F)F)C(=O)O. The van der Waals surface area contributed by atoms with Crippen LogP contribution in [-0.4, -0.2) is 42.3 Å². The molecule has 0 aliphatic rings. The fourth-order valence-electron chi connectivity index (χ4n) is 0.804. The summed E-state index contributed by atoms with van der Waals surface area (Å²) in [6.07, 6.45) is -4.40. The summed E-state index contributed by atoms with van der Waals surface area (Å²) in [7, 11) is 0. The van der Waals surface area contributed by atoms with E-state index in [1.165, 1.54) is 0 Å². The van der Waals surface area contributed by atoms with Crippen LogP contribution >= 0.6 is 0 Å². The number of alkyl halides is 3. The molecule has 88 valence electrons. The van der Waals surface area contributed by atoms with Crippen LogP contribution in [-0.2, 0) is 9.59 Å². The largest absolute Gasteiger partial charge is 0.480 e. The van der Waals surface area contributed by atoms with Crippen LogP contribution in [0.15, 0.2) is 0 Å². The molecule has 1 amide bonds. The lowest BCUT2D eigenvalue weighted by molar-refractivity contribution is -0.142. The van der Waals surface area contributed by atoms with E-state index in [0.717, 1.165) is 6.92 Å². The highest BCUT2D eigenvalue weighted by molar-refractivity contribution is 5.82. The molecular formula is C7H11F3N2O3. The summed E-state index contributed by atoms with van der Waals surface area (Å²) in [6, 6.07) is -1.36. The summed E-state index contributed by atoms with van der Waals surface area (Å²) in [4.78, 5) is 20.9. The Hall–Kier alpha value is -1.31. The van der Waals surface area contributed by atoms with Gasteiger partial charge >= 0.3 is 12.1 Å². The Morgan fingerprint density at radius 1 is 1.40 bits per heavy atom. The number of aliphatic carboxylic acids is 1. The van der Waals surface area contributed by atoms with Gasteiger partial charge in [-0.25, -0.2) is 4.79 Å². The van der Waals surface area contributed by atoms with Crippen LogP contribution in [0.1, 0.15) is 6.92 Å². The van der Waals surface area contributed by atoms with Gasteiger partial charge in [0.05, 0.1) is 6.54 Å². The van der Waals surface area contributed by atoms with E-state index in [-0.39, 0.29) is 0 Å². The van der Waals surface area contributed by atoms with Gasteiger partial charge in [-0.3, -0.25) is 4.79 Å². The van der Waals surface area contributed by atoms with Gasteiger partial charge in [0.2, 0.25) is 5.91 Å². The average molecular weight is 228 g/mol. The molecule has 1 atom stereocenters. The molecule has 0 aromatic carbocycles. The van der Waals surface area contributed by atoms with Crippen LogP contribution in [0.5, 0.6) is 0 Å². The van der Waals surface area contributed by atoms with Gasteiger partial charge in [-0.1, -0.05) is 0 Å². The molecule has 5 nitrogen and oxygen atoms in total. The van der Waals surface area contributed by atoms with Crippen molar-refractivity contribution < 1.29 is 27.9 Å². The van der Waals surface area contributed by atoms with Gasteiger partial charge < -0.3 is 15.7 Å². The van der Waals surface area contributed by atoms with E-state index in [1.54, 1.807) is 0 Å². The summed E-state index contributed by atoms with van der Waals surface area (Å²) in [5, 5.41) is 12.4. The molecule has 15 heavy (non-hydrogen) atoms. The van der Waals surface area contributed by atoms with E-state index >= 15 is 0 Å².